The lowest BCUT2D eigenvalue weighted by Gasteiger charge is -2.25. The SMILES string of the molecule is Cc1cnc2c(c1)nc(SCC(=O)O)n2C1CCOCC1. The topological polar surface area (TPSA) is 77.2 Å². The Bertz CT molecular complexity index is 665. The number of aliphatic carboxylic acids is 1. The second-order valence-electron chi connectivity index (χ2n) is 5.15. The van der Waals surface area contributed by atoms with Crippen LogP contribution in [0.3, 0.4) is 0 Å². The lowest BCUT2D eigenvalue weighted by atomic mass is 10.1. The summed E-state index contributed by atoms with van der Waals surface area (Å²) in [4.78, 5) is 19.9. The molecule has 0 unspecified atom stereocenters. The van der Waals surface area contributed by atoms with Gasteiger partial charge in [-0.15, -0.1) is 0 Å². The molecule has 2 aromatic rings. The zero-order chi connectivity index (χ0) is 14.8. The number of ether oxygens (including phenoxy) is 1. The van der Waals surface area contributed by atoms with E-state index < -0.39 is 5.97 Å². The average Bonchev–Trinajstić information content (AvgIpc) is 2.83. The maximum atomic E-state index is 10.8. The smallest absolute Gasteiger partial charge is 0.313 e. The highest BCUT2D eigenvalue weighted by Crippen LogP contribution is 2.31. The molecule has 0 atom stereocenters. The zero-order valence-corrected chi connectivity index (χ0v) is 12.6. The highest BCUT2D eigenvalue weighted by molar-refractivity contribution is 7.99. The maximum absolute atomic E-state index is 10.8. The van der Waals surface area contributed by atoms with Crippen LogP contribution in [0.2, 0.25) is 0 Å². The van der Waals surface area contributed by atoms with Gasteiger partial charge in [-0.2, -0.15) is 0 Å². The second kappa shape index (κ2) is 6.03. The fourth-order valence-electron chi connectivity index (χ4n) is 2.56. The van der Waals surface area contributed by atoms with Crippen LogP contribution in [0.4, 0.5) is 0 Å². The summed E-state index contributed by atoms with van der Waals surface area (Å²) in [5.74, 6) is -0.833. The van der Waals surface area contributed by atoms with Gasteiger partial charge in [0.1, 0.15) is 5.52 Å². The molecule has 0 aliphatic carbocycles. The number of nitrogens with zero attached hydrogens (tertiary/aromatic N) is 3. The molecule has 1 saturated heterocycles. The van der Waals surface area contributed by atoms with Crippen LogP contribution in [-0.2, 0) is 9.53 Å². The van der Waals surface area contributed by atoms with Crippen molar-refractivity contribution in [2.45, 2.75) is 31.0 Å². The number of pyridine rings is 1. The van der Waals surface area contributed by atoms with Crippen molar-refractivity contribution in [1.29, 1.82) is 0 Å². The number of carboxylic acid groups (broad SMARTS) is 1. The Balaban J connectivity index is 2.03. The summed E-state index contributed by atoms with van der Waals surface area (Å²) in [6, 6.07) is 2.26. The number of imidazole rings is 1. The lowest BCUT2D eigenvalue weighted by molar-refractivity contribution is -0.133. The average molecular weight is 307 g/mol. The van der Waals surface area contributed by atoms with Crippen molar-refractivity contribution < 1.29 is 14.6 Å². The summed E-state index contributed by atoms with van der Waals surface area (Å²) in [6.07, 6.45) is 3.63. The minimum absolute atomic E-state index is 0.00548. The minimum Gasteiger partial charge on any atom is -0.481 e. The summed E-state index contributed by atoms with van der Waals surface area (Å²) in [7, 11) is 0. The summed E-state index contributed by atoms with van der Waals surface area (Å²) < 4.78 is 7.50. The van der Waals surface area contributed by atoms with Gasteiger partial charge in [-0.05, 0) is 31.4 Å². The van der Waals surface area contributed by atoms with Gasteiger partial charge in [0.15, 0.2) is 10.8 Å². The van der Waals surface area contributed by atoms with E-state index in [1.165, 1.54) is 11.8 Å². The van der Waals surface area contributed by atoms with E-state index in [1.54, 1.807) is 0 Å². The summed E-state index contributed by atoms with van der Waals surface area (Å²) >= 11 is 1.25. The summed E-state index contributed by atoms with van der Waals surface area (Å²) in [5.41, 5.74) is 2.71. The monoisotopic (exact) mass is 307 g/mol. The lowest BCUT2D eigenvalue weighted by Crippen LogP contribution is -2.20. The number of aromatic nitrogens is 3. The van der Waals surface area contributed by atoms with Crippen LogP contribution >= 0.6 is 11.8 Å². The number of thioether (sulfide) groups is 1. The third kappa shape index (κ3) is 3.03. The van der Waals surface area contributed by atoms with Gasteiger partial charge in [0.05, 0.1) is 5.75 Å². The van der Waals surface area contributed by atoms with Crippen LogP contribution in [0.5, 0.6) is 0 Å². The van der Waals surface area contributed by atoms with Crippen LogP contribution in [0.1, 0.15) is 24.4 Å². The Kier molecular flexibility index (Phi) is 4.12. The second-order valence-corrected chi connectivity index (χ2v) is 6.09. The molecule has 0 radical (unpaired) electrons. The van der Waals surface area contributed by atoms with Gasteiger partial charge in [-0.1, -0.05) is 11.8 Å². The quantitative estimate of drug-likeness (QED) is 0.873. The fourth-order valence-corrected chi connectivity index (χ4v) is 3.35. The number of carbonyl (C=O) groups is 1. The Morgan fingerprint density at radius 3 is 3.00 bits per heavy atom. The molecule has 0 spiro atoms. The summed E-state index contributed by atoms with van der Waals surface area (Å²) in [6.45, 7) is 3.42. The van der Waals surface area contributed by atoms with Crippen molar-refractivity contribution in [2.75, 3.05) is 19.0 Å². The largest absolute Gasteiger partial charge is 0.481 e. The Morgan fingerprint density at radius 1 is 1.52 bits per heavy atom. The predicted molar refractivity (Wildman–Crippen MR) is 79.7 cm³/mol. The Hall–Kier alpha value is -1.60. The zero-order valence-electron chi connectivity index (χ0n) is 11.8. The normalized spacial score (nSPS) is 16.4. The first-order valence-corrected chi connectivity index (χ1v) is 7.90. The Morgan fingerprint density at radius 2 is 2.29 bits per heavy atom. The molecule has 1 fully saturated rings. The van der Waals surface area contributed by atoms with Crippen LogP contribution in [0.15, 0.2) is 17.4 Å². The molecule has 112 valence electrons. The van der Waals surface area contributed by atoms with Gasteiger partial charge in [0.25, 0.3) is 0 Å². The predicted octanol–water partition coefficient (Wildman–Crippen LogP) is 2.27. The van der Waals surface area contributed by atoms with Crippen LogP contribution in [0.25, 0.3) is 11.2 Å². The van der Waals surface area contributed by atoms with E-state index in [0.29, 0.717) is 0 Å². The van der Waals surface area contributed by atoms with Crippen molar-refractivity contribution >= 4 is 28.9 Å². The number of fused-ring (bicyclic) bond motifs is 1. The molecule has 2 aromatic heterocycles. The van der Waals surface area contributed by atoms with E-state index >= 15 is 0 Å². The fraction of sp³-hybridized carbons (Fsp3) is 0.500. The van der Waals surface area contributed by atoms with Crippen molar-refractivity contribution in [3.05, 3.63) is 17.8 Å². The third-order valence-electron chi connectivity index (χ3n) is 3.52. The van der Waals surface area contributed by atoms with E-state index in [1.807, 2.05) is 19.2 Å². The molecule has 1 aliphatic rings. The Labute approximate surface area is 126 Å². The first-order valence-electron chi connectivity index (χ1n) is 6.92. The molecule has 21 heavy (non-hydrogen) atoms. The van der Waals surface area contributed by atoms with E-state index in [0.717, 1.165) is 47.9 Å². The number of hydrogen-bond donors (Lipinski definition) is 1. The first kappa shape index (κ1) is 14.3. The van der Waals surface area contributed by atoms with Crippen molar-refractivity contribution in [3.8, 4) is 0 Å². The van der Waals surface area contributed by atoms with Gasteiger partial charge < -0.3 is 14.4 Å². The van der Waals surface area contributed by atoms with Gasteiger partial charge in [-0.25, -0.2) is 9.97 Å². The molecule has 1 aliphatic heterocycles. The van der Waals surface area contributed by atoms with Crippen LogP contribution < -0.4 is 0 Å². The van der Waals surface area contributed by atoms with E-state index in [9.17, 15) is 4.79 Å². The molecule has 0 aromatic carbocycles. The van der Waals surface area contributed by atoms with Gasteiger partial charge >= 0.3 is 5.97 Å². The molecule has 1 N–H and O–H groups in total. The maximum Gasteiger partial charge on any atom is 0.313 e. The standard InChI is InChI=1S/C14H17N3O3S/c1-9-6-11-13(15-7-9)17(10-2-4-20-5-3-10)14(16-11)21-8-12(18)19/h6-7,10H,2-5,8H2,1H3,(H,18,19). The van der Waals surface area contributed by atoms with Crippen molar-refractivity contribution in [3.63, 3.8) is 0 Å². The van der Waals surface area contributed by atoms with Crippen LogP contribution in [0, 0.1) is 6.92 Å². The molecule has 0 bridgehead atoms. The van der Waals surface area contributed by atoms with E-state index in [-0.39, 0.29) is 11.8 Å². The molecule has 6 nitrogen and oxygen atoms in total. The number of hydrogen-bond acceptors (Lipinski definition) is 5. The van der Waals surface area contributed by atoms with Crippen LogP contribution in [-0.4, -0.2) is 44.6 Å². The first-order chi connectivity index (χ1) is 10.1. The highest BCUT2D eigenvalue weighted by Gasteiger charge is 2.23. The number of aryl methyl sites for hydroxylation is 1. The molecule has 0 saturated carbocycles. The van der Waals surface area contributed by atoms with Gasteiger partial charge in [0, 0.05) is 25.5 Å². The van der Waals surface area contributed by atoms with Crippen molar-refractivity contribution in [1.82, 2.24) is 14.5 Å². The van der Waals surface area contributed by atoms with E-state index in [2.05, 4.69) is 14.5 Å². The number of carboxylic acids is 1. The minimum atomic E-state index is -0.838. The van der Waals surface area contributed by atoms with E-state index in [4.69, 9.17) is 9.84 Å². The molecular formula is C14H17N3O3S. The highest BCUT2D eigenvalue weighted by atomic mass is 32.2. The van der Waals surface area contributed by atoms with Gasteiger partial charge in [0.2, 0.25) is 0 Å². The molecule has 0 amide bonds. The number of rotatable bonds is 4. The molecular weight excluding hydrogens is 290 g/mol. The molecule has 3 rings (SSSR count). The molecule has 3 heterocycles. The van der Waals surface area contributed by atoms with Crippen molar-refractivity contribution in [2.24, 2.45) is 0 Å². The summed E-state index contributed by atoms with van der Waals surface area (Å²) in [5, 5.41) is 9.64. The molecule has 7 heteroatoms. The van der Waals surface area contributed by atoms with Gasteiger partial charge in [-0.3, -0.25) is 4.79 Å². The third-order valence-corrected chi connectivity index (χ3v) is 4.45.